The molecule has 1 fully saturated rings. The van der Waals surface area contributed by atoms with Crippen molar-refractivity contribution in [3.63, 3.8) is 0 Å². The van der Waals surface area contributed by atoms with Crippen LogP contribution < -0.4 is 5.32 Å². The summed E-state index contributed by atoms with van der Waals surface area (Å²) < 4.78 is 0. The molecule has 0 radical (unpaired) electrons. The van der Waals surface area contributed by atoms with Crippen molar-refractivity contribution in [3.05, 3.63) is 23.9 Å². The van der Waals surface area contributed by atoms with Gasteiger partial charge in [-0.05, 0) is 25.0 Å². The maximum absolute atomic E-state index is 11.1. The molecule has 88 valence electrons. The Balaban J connectivity index is 2.02. The summed E-state index contributed by atoms with van der Waals surface area (Å²) in [5.74, 6) is -0.204. The molecule has 0 atom stereocenters. The summed E-state index contributed by atoms with van der Waals surface area (Å²) in [5.41, 5.74) is -0.322. The molecule has 1 heterocycles. The third-order valence-electron chi connectivity index (χ3n) is 3.24. The number of nitrogens with zero attached hydrogens (tertiary/aromatic N) is 2. The first kappa shape index (κ1) is 11.4. The lowest BCUT2D eigenvalue weighted by molar-refractivity contribution is -0.153. The molecule has 0 unspecified atom stereocenters. The summed E-state index contributed by atoms with van der Waals surface area (Å²) in [4.78, 5) is 15.2. The van der Waals surface area contributed by atoms with Gasteiger partial charge in [-0.3, -0.25) is 4.79 Å². The SMILES string of the molecule is N#Cc1cccc(NCC2(C(=O)O)CCC2)n1. The van der Waals surface area contributed by atoms with E-state index in [1.165, 1.54) is 0 Å². The highest BCUT2D eigenvalue weighted by Gasteiger charge is 2.44. The number of rotatable bonds is 4. The Morgan fingerprint density at radius 2 is 2.35 bits per heavy atom. The van der Waals surface area contributed by atoms with Gasteiger partial charge in [-0.25, -0.2) is 4.98 Å². The summed E-state index contributed by atoms with van der Waals surface area (Å²) in [5, 5.41) is 20.9. The van der Waals surface area contributed by atoms with Crippen molar-refractivity contribution in [1.29, 1.82) is 5.26 Å². The third kappa shape index (κ3) is 2.21. The van der Waals surface area contributed by atoms with Crippen molar-refractivity contribution in [2.24, 2.45) is 5.41 Å². The largest absolute Gasteiger partial charge is 0.481 e. The number of pyridine rings is 1. The number of anilines is 1. The standard InChI is InChI=1S/C12H13N3O2/c13-7-9-3-1-4-10(15-9)14-8-12(11(16)17)5-2-6-12/h1,3-4H,2,5-6,8H2,(H,14,15)(H,16,17). The quantitative estimate of drug-likeness (QED) is 0.822. The molecule has 0 bridgehead atoms. The first-order chi connectivity index (χ1) is 8.16. The monoisotopic (exact) mass is 231 g/mol. The van der Waals surface area contributed by atoms with Gasteiger partial charge in [-0.15, -0.1) is 0 Å². The molecule has 1 aliphatic carbocycles. The summed E-state index contributed by atoms with van der Waals surface area (Å²) >= 11 is 0. The lowest BCUT2D eigenvalue weighted by Crippen LogP contribution is -2.43. The molecule has 0 amide bonds. The molecule has 17 heavy (non-hydrogen) atoms. The molecule has 1 aliphatic rings. The Hall–Kier alpha value is -2.09. The van der Waals surface area contributed by atoms with E-state index in [1.54, 1.807) is 18.2 Å². The van der Waals surface area contributed by atoms with Crippen molar-refractivity contribution in [2.75, 3.05) is 11.9 Å². The number of carboxylic acids is 1. The van der Waals surface area contributed by atoms with E-state index in [4.69, 9.17) is 10.4 Å². The van der Waals surface area contributed by atoms with Gasteiger partial charge in [0.1, 0.15) is 17.6 Å². The van der Waals surface area contributed by atoms with Crippen LogP contribution in [0, 0.1) is 16.7 Å². The van der Waals surface area contributed by atoms with Crippen molar-refractivity contribution in [2.45, 2.75) is 19.3 Å². The highest BCUT2D eigenvalue weighted by atomic mass is 16.4. The van der Waals surface area contributed by atoms with Crippen LogP contribution in [-0.4, -0.2) is 22.6 Å². The maximum Gasteiger partial charge on any atom is 0.311 e. The molecule has 0 aromatic carbocycles. The zero-order chi connectivity index (χ0) is 12.3. The predicted octanol–water partition coefficient (Wildman–Crippen LogP) is 1.62. The topological polar surface area (TPSA) is 86.0 Å². The minimum Gasteiger partial charge on any atom is -0.481 e. The van der Waals surface area contributed by atoms with Crippen LogP contribution in [0.5, 0.6) is 0 Å². The number of nitrogens with one attached hydrogen (secondary N) is 1. The molecular weight excluding hydrogens is 218 g/mol. The average Bonchev–Trinajstić information content (AvgIpc) is 2.27. The van der Waals surface area contributed by atoms with Gasteiger partial charge in [0.15, 0.2) is 0 Å². The molecule has 2 rings (SSSR count). The lowest BCUT2D eigenvalue weighted by Gasteiger charge is -2.37. The van der Waals surface area contributed by atoms with Crippen molar-refractivity contribution in [3.8, 4) is 6.07 Å². The van der Waals surface area contributed by atoms with E-state index in [0.717, 1.165) is 6.42 Å². The number of carbonyl (C=O) groups is 1. The second-order valence-electron chi connectivity index (χ2n) is 4.31. The van der Waals surface area contributed by atoms with Gasteiger partial charge < -0.3 is 10.4 Å². The number of nitriles is 1. The fourth-order valence-corrected chi connectivity index (χ4v) is 1.92. The fourth-order valence-electron chi connectivity index (χ4n) is 1.92. The highest BCUT2D eigenvalue weighted by molar-refractivity contribution is 5.76. The van der Waals surface area contributed by atoms with E-state index in [1.807, 2.05) is 6.07 Å². The Labute approximate surface area is 99.1 Å². The number of aliphatic carboxylic acids is 1. The smallest absolute Gasteiger partial charge is 0.311 e. The average molecular weight is 231 g/mol. The van der Waals surface area contributed by atoms with Crippen LogP contribution in [0.3, 0.4) is 0 Å². The van der Waals surface area contributed by atoms with Gasteiger partial charge in [-0.2, -0.15) is 5.26 Å². The highest BCUT2D eigenvalue weighted by Crippen LogP contribution is 2.41. The summed E-state index contributed by atoms with van der Waals surface area (Å²) in [7, 11) is 0. The van der Waals surface area contributed by atoms with Crippen LogP contribution in [0.4, 0.5) is 5.82 Å². The van der Waals surface area contributed by atoms with E-state index in [2.05, 4.69) is 10.3 Å². The second-order valence-corrected chi connectivity index (χ2v) is 4.31. The second kappa shape index (κ2) is 4.42. The van der Waals surface area contributed by atoms with Crippen LogP contribution in [0.2, 0.25) is 0 Å². The third-order valence-corrected chi connectivity index (χ3v) is 3.24. The molecule has 1 aromatic heterocycles. The zero-order valence-corrected chi connectivity index (χ0v) is 9.31. The zero-order valence-electron chi connectivity index (χ0n) is 9.31. The normalized spacial score (nSPS) is 16.6. The molecule has 5 nitrogen and oxygen atoms in total. The Morgan fingerprint density at radius 1 is 1.59 bits per heavy atom. The summed E-state index contributed by atoms with van der Waals surface area (Å²) in [6.07, 6.45) is 2.36. The molecule has 0 aliphatic heterocycles. The molecule has 0 spiro atoms. The van der Waals surface area contributed by atoms with Crippen LogP contribution in [0.1, 0.15) is 25.0 Å². The maximum atomic E-state index is 11.1. The Kier molecular flexibility index (Phi) is 2.96. The van der Waals surface area contributed by atoms with Crippen LogP contribution >= 0.6 is 0 Å². The minimum atomic E-state index is -0.757. The van der Waals surface area contributed by atoms with E-state index in [0.29, 0.717) is 30.9 Å². The molecule has 1 saturated carbocycles. The van der Waals surface area contributed by atoms with Crippen molar-refractivity contribution in [1.82, 2.24) is 4.98 Å². The minimum absolute atomic E-state index is 0.327. The molecule has 0 saturated heterocycles. The number of hydrogen-bond donors (Lipinski definition) is 2. The van der Waals surface area contributed by atoms with E-state index in [9.17, 15) is 4.79 Å². The van der Waals surface area contributed by atoms with Gasteiger partial charge >= 0.3 is 5.97 Å². The van der Waals surface area contributed by atoms with Crippen molar-refractivity contribution >= 4 is 11.8 Å². The Bertz CT molecular complexity index is 475. The lowest BCUT2D eigenvalue weighted by atomic mass is 9.69. The van der Waals surface area contributed by atoms with Gasteiger partial charge in [0.05, 0.1) is 5.41 Å². The number of hydrogen-bond acceptors (Lipinski definition) is 4. The van der Waals surface area contributed by atoms with Crippen LogP contribution in [0.25, 0.3) is 0 Å². The Morgan fingerprint density at radius 3 is 2.88 bits per heavy atom. The number of carboxylic acid groups (broad SMARTS) is 1. The van der Waals surface area contributed by atoms with Gasteiger partial charge in [-0.1, -0.05) is 12.5 Å². The molecular formula is C12H13N3O2. The van der Waals surface area contributed by atoms with Gasteiger partial charge in [0.25, 0.3) is 0 Å². The van der Waals surface area contributed by atoms with E-state index < -0.39 is 11.4 Å². The molecule has 2 N–H and O–H groups in total. The van der Waals surface area contributed by atoms with E-state index >= 15 is 0 Å². The predicted molar refractivity (Wildman–Crippen MR) is 61.4 cm³/mol. The molecule has 5 heteroatoms. The van der Waals surface area contributed by atoms with Crippen molar-refractivity contribution < 1.29 is 9.90 Å². The number of aromatic nitrogens is 1. The van der Waals surface area contributed by atoms with E-state index in [-0.39, 0.29) is 0 Å². The van der Waals surface area contributed by atoms with Gasteiger partial charge in [0, 0.05) is 6.54 Å². The van der Waals surface area contributed by atoms with Crippen LogP contribution in [0.15, 0.2) is 18.2 Å². The fraction of sp³-hybridized carbons (Fsp3) is 0.417. The molecule has 1 aromatic rings. The first-order valence-electron chi connectivity index (χ1n) is 5.51. The summed E-state index contributed by atoms with van der Waals surface area (Å²) in [6.45, 7) is 0.365. The van der Waals surface area contributed by atoms with Crippen LogP contribution in [-0.2, 0) is 4.79 Å². The van der Waals surface area contributed by atoms with Gasteiger partial charge in [0.2, 0.25) is 0 Å². The first-order valence-corrected chi connectivity index (χ1v) is 5.51. The summed E-state index contributed by atoms with van der Waals surface area (Å²) in [6, 6.07) is 7.02.